The fourth-order valence-electron chi connectivity index (χ4n) is 2.77. The number of anilines is 1. The van der Waals surface area contributed by atoms with Gasteiger partial charge in [-0.2, -0.15) is 0 Å². The minimum Gasteiger partial charge on any atom is -0.480 e. The molecule has 0 unspecified atom stereocenters. The molecule has 0 radical (unpaired) electrons. The molecule has 12 heteroatoms. The SMILES string of the molecule is CCc1cnc(N(Cc2ccc(OC(F)(F)F)cc2)Cc2csc(SC(C)(C)C(=O)O)n2)nc1. The summed E-state index contributed by atoms with van der Waals surface area (Å²) in [7, 11) is 0. The number of aliphatic carboxylic acids is 1. The number of ether oxygens (including phenoxy) is 1. The Bertz CT molecular complexity index is 1100. The Hall–Kier alpha value is -2.86. The van der Waals surface area contributed by atoms with E-state index in [0.29, 0.717) is 29.1 Å². The summed E-state index contributed by atoms with van der Waals surface area (Å²) in [4.78, 5) is 26.7. The van der Waals surface area contributed by atoms with Crippen molar-refractivity contribution in [3.63, 3.8) is 0 Å². The molecule has 182 valence electrons. The second kappa shape index (κ2) is 10.6. The fourth-order valence-corrected chi connectivity index (χ4v) is 4.96. The number of thioether (sulfide) groups is 1. The van der Waals surface area contributed by atoms with Crippen LogP contribution in [-0.2, 0) is 24.3 Å². The number of hydrogen-bond donors (Lipinski definition) is 1. The van der Waals surface area contributed by atoms with Crippen molar-refractivity contribution in [3.05, 3.63) is 58.9 Å². The third-order valence-electron chi connectivity index (χ3n) is 4.65. The quantitative estimate of drug-likeness (QED) is 0.354. The van der Waals surface area contributed by atoms with Crippen LogP contribution < -0.4 is 9.64 Å². The zero-order valence-corrected chi connectivity index (χ0v) is 20.3. The molecule has 2 aromatic heterocycles. The lowest BCUT2D eigenvalue weighted by Crippen LogP contribution is -2.27. The lowest BCUT2D eigenvalue weighted by Gasteiger charge is -2.22. The normalized spacial score (nSPS) is 11.9. The van der Waals surface area contributed by atoms with Crippen LogP contribution in [-0.4, -0.2) is 37.1 Å². The Kier molecular flexibility index (Phi) is 8.03. The molecule has 0 atom stereocenters. The van der Waals surface area contributed by atoms with Crippen LogP contribution in [0.2, 0.25) is 0 Å². The Morgan fingerprint density at radius 1 is 1.12 bits per heavy atom. The van der Waals surface area contributed by atoms with Gasteiger partial charge in [-0.3, -0.25) is 4.79 Å². The first-order valence-corrected chi connectivity index (χ1v) is 11.9. The van der Waals surface area contributed by atoms with Gasteiger partial charge >= 0.3 is 12.3 Å². The second-order valence-corrected chi connectivity index (χ2v) is 10.5. The van der Waals surface area contributed by atoms with Crippen LogP contribution in [0.4, 0.5) is 19.1 Å². The monoisotopic (exact) mass is 512 g/mol. The third-order valence-corrected chi connectivity index (χ3v) is 6.83. The average molecular weight is 513 g/mol. The number of carboxylic acids is 1. The number of carbonyl (C=O) groups is 1. The molecule has 34 heavy (non-hydrogen) atoms. The molecule has 1 N–H and O–H groups in total. The molecule has 0 bridgehead atoms. The van der Waals surface area contributed by atoms with E-state index in [1.165, 1.54) is 23.5 Å². The van der Waals surface area contributed by atoms with Gasteiger partial charge < -0.3 is 14.7 Å². The molecule has 0 saturated heterocycles. The Morgan fingerprint density at radius 3 is 2.32 bits per heavy atom. The summed E-state index contributed by atoms with van der Waals surface area (Å²) in [6.45, 7) is 5.87. The van der Waals surface area contributed by atoms with E-state index in [4.69, 9.17) is 0 Å². The van der Waals surface area contributed by atoms with Crippen LogP contribution in [0.1, 0.15) is 37.6 Å². The summed E-state index contributed by atoms with van der Waals surface area (Å²) in [5, 5.41) is 11.2. The Labute approximate surface area is 203 Å². The molecule has 0 saturated carbocycles. The molecule has 0 fully saturated rings. The number of rotatable bonds is 10. The highest BCUT2D eigenvalue weighted by Gasteiger charge is 2.31. The molecular formula is C22H23F3N4O3S2. The van der Waals surface area contributed by atoms with Crippen LogP contribution in [0.5, 0.6) is 5.75 Å². The molecule has 0 spiro atoms. The van der Waals surface area contributed by atoms with Gasteiger partial charge in [0.05, 0.1) is 12.2 Å². The molecule has 0 aliphatic rings. The van der Waals surface area contributed by atoms with Gasteiger partial charge in [0, 0.05) is 24.3 Å². The second-order valence-electron chi connectivity index (χ2n) is 7.81. The highest BCUT2D eigenvalue weighted by molar-refractivity contribution is 8.02. The number of nitrogens with zero attached hydrogens (tertiary/aromatic N) is 4. The van der Waals surface area contributed by atoms with E-state index in [1.807, 2.05) is 17.2 Å². The molecule has 3 rings (SSSR count). The molecule has 0 amide bonds. The largest absolute Gasteiger partial charge is 0.573 e. The molecular weight excluding hydrogens is 489 g/mol. The highest BCUT2D eigenvalue weighted by atomic mass is 32.2. The first-order chi connectivity index (χ1) is 15.9. The van der Waals surface area contributed by atoms with E-state index in [2.05, 4.69) is 19.7 Å². The molecule has 1 aromatic carbocycles. The van der Waals surface area contributed by atoms with Crippen molar-refractivity contribution < 1.29 is 27.8 Å². The van der Waals surface area contributed by atoms with Crippen molar-refractivity contribution in [1.29, 1.82) is 0 Å². The van der Waals surface area contributed by atoms with E-state index in [1.54, 1.807) is 38.4 Å². The predicted molar refractivity (Wildman–Crippen MR) is 124 cm³/mol. The van der Waals surface area contributed by atoms with Gasteiger partial charge in [-0.25, -0.2) is 15.0 Å². The minimum atomic E-state index is -4.75. The van der Waals surface area contributed by atoms with Crippen LogP contribution in [0.25, 0.3) is 0 Å². The number of carboxylic acid groups (broad SMARTS) is 1. The van der Waals surface area contributed by atoms with E-state index in [9.17, 15) is 23.1 Å². The van der Waals surface area contributed by atoms with Gasteiger partial charge in [-0.15, -0.1) is 24.5 Å². The van der Waals surface area contributed by atoms with Crippen LogP contribution >= 0.6 is 23.1 Å². The highest BCUT2D eigenvalue weighted by Crippen LogP contribution is 2.35. The van der Waals surface area contributed by atoms with Crippen molar-refractivity contribution in [2.24, 2.45) is 0 Å². The molecule has 0 aliphatic carbocycles. The van der Waals surface area contributed by atoms with E-state index in [0.717, 1.165) is 29.3 Å². The molecule has 2 heterocycles. The van der Waals surface area contributed by atoms with Gasteiger partial charge in [-0.05, 0) is 43.5 Å². The Morgan fingerprint density at radius 2 is 1.76 bits per heavy atom. The number of benzene rings is 1. The summed E-state index contributed by atoms with van der Waals surface area (Å²) in [6.07, 6.45) is -0.508. The Balaban J connectivity index is 1.80. The summed E-state index contributed by atoms with van der Waals surface area (Å²) in [5.74, 6) is -0.785. The number of hydrogen-bond acceptors (Lipinski definition) is 8. The zero-order chi connectivity index (χ0) is 24.9. The van der Waals surface area contributed by atoms with Crippen LogP contribution in [0.15, 0.2) is 46.4 Å². The first-order valence-electron chi connectivity index (χ1n) is 10.2. The van der Waals surface area contributed by atoms with Crippen molar-refractivity contribution in [3.8, 4) is 5.75 Å². The van der Waals surface area contributed by atoms with E-state index < -0.39 is 17.1 Å². The maximum Gasteiger partial charge on any atom is 0.573 e. The number of aromatic nitrogens is 3. The fraction of sp³-hybridized carbons (Fsp3) is 0.364. The molecule has 0 aliphatic heterocycles. The van der Waals surface area contributed by atoms with Gasteiger partial charge in [0.1, 0.15) is 10.5 Å². The van der Waals surface area contributed by atoms with Gasteiger partial charge in [-0.1, -0.05) is 30.8 Å². The van der Waals surface area contributed by atoms with Gasteiger partial charge in [0.25, 0.3) is 0 Å². The van der Waals surface area contributed by atoms with Crippen molar-refractivity contribution in [2.75, 3.05) is 4.90 Å². The molecule has 7 nitrogen and oxygen atoms in total. The van der Waals surface area contributed by atoms with Crippen LogP contribution in [0, 0.1) is 0 Å². The van der Waals surface area contributed by atoms with Crippen molar-refractivity contribution in [1.82, 2.24) is 15.0 Å². The summed E-state index contributed by atoms with van der Waals surface area (Å²) in [6, 6.07) is 5.61. The maximum absolute atomic E-state index is 12.4. The smallest absolute Gasteiger partial charge is 0.480 e. The standard InChI is InChI=1S/C22H23F3N4O3S2/c1-4-14-9-26-19(27-10-14)29(11-15-5-7-17(8-6-15)32-22(23,24)25)12-16-13-33-20(28-16)34-21(2,3)18(30)31/h5-10,13H,4,11-12H2,1-3H3,(H,30,31). The zero-order valence-electron chi connectivity index (χ0n) is 18.7. The average Bonchev–Trinajstić information content (AvgIpc) is 3.19. The maximum atomic E-state index is 12.4. The third kappa shape index (κ3) is 7.32. The number of thiazole rings is 1. The lowest BCUT2D eigenvalue weighted by molar-refractivity contribution is -0.274. The summed E-state index contributed by atoms with van der Waals surface area (Å²) >= 11 is 2.51. The summed E-state index contributed by atoms with van der Waals surface area (Å²) in [5.41, 5.74) is 2.41. The van der Waals surface area contributed by atoms with E-state index >= 15 is 0 Å². The number of alkyl halides is 3. The number of halogens is 3. The lowest BCUT2D eigenvalue weighted by atomic mass is 10.2. The van der Waals surface area contributed by atoms with E-state index in [-0.39, 0.29) is 5.75 Å². The van der Waals surface area contributed by atoms with Crippen molar-refractivity contribution in [2.45, 2.75) is 55.7 Å². The molecule has 3 aromatic rings. The number of aryl methyl sites for hydroxylation is 1. The van der Waals surface area contributed by atoms with Gasteiger partial charge in [0.2, 0.25) is 5.95 Å². The summed E-state index contributed by atoms with van der Waals surface area (Å²) < 4.78 is 40.9. The van der Waals surface area contributed by atoms with Crippen molar-refractivity contribution >= 4 is 35.0 Å². The van der Waals surface area contributed by atoms with Crippen LogP contribution in [0.3, 0.4) is 0 Å². The predicted octanol–water partition coefficient (Wildman–Crippen LogP) is 5.56. The van der Waals surface area contributed by atoms with Gasteiger partial charge in [0.15, 0.2) is 4.34 Å². The topological polar surface area (TPSA) is 88.4 Å². The minimum absolute atomic E-state index is 0.298. The first kappa shape index (κ1) is 25.8.